The second kappa shape index (κ2) is 14.4. The minimum absolute atomic E-state index is 0. The van der Waals surface area contributed by atoms with E-state index in [1.165, 1.54) is 0 Å². The molecule has 0 atom stereocenters. The van der Waals surface area contributed by atoms with Crippen molar-refractivity contribution >= 4 is 5.78 Å². The molecule has 0 bridgehead atoms. The number of hydrogen-bond acceptors (Lipinski definition) is 4. The summed E-state index contributed by atoms with van der Waals surface area (Å²) in [5, 5.41) is 3.28. The number of carbonyl (C=O) groups is 1. The summed E-state index contributed by atoms with van der Waals surface area (Å²) in [6.07, 6.45) is 0. The van der Waals surface area contributed by atoms with Gasteiger partial charge in [-0.25, -0.2) is 6.04 Å². The molecule has 1 rings (SSSR count). The fraction of sp³-hybridized carbons (Fsp3) is 0.800. The van der Waals surface area contributed by atoms with E-state index in [2.05, 4.69) is 22.2 Å². The van der Waals surface area contributed by atoms with Crippen molar-refractivity contribution in [2.24, 2.45) is 0 Å². The van der Waals surface area contributed by atoms with Gasteiger partial charge in [0.25, 0.3) is 0 Å². The smallest absolute Gasteiger partial charge is 1.00 e. The first-order valence-electron chi connectivity index (χ1n) is 5.08. The first-order valence-corrected chi connectivity index (χ1v) is 5.08. The minimum atomic E-state index is 0. The van der Waals surface area contributed by atoms with Crippen LogP contribution in [-0.4, -0.2) is 62.4 Å². The molecule has 0 unspecified atom stereocenters. The molecule has 4 nitrogen and oxygen atoms in total. The van der Waals surface area contributed by atoms with E-state index in [1.54, 1.807) is 6.92 Å². The third-order valence-electron chi connectivity index (χ3n) is 2.65. The summed E-state index contributed by atoms with van der Waals surface area (Å²) in [7, 11) is 4.09. The number of nitrogens with zero attached hydrogens (tertiary/aromatic N) is 2. The first-order chi connectivity index (χ1) is 6.61. The largest absolute Gasteiger partial charge is 4.00 e. The maximum absolute atomic E-state index is 11.3. The molecule has 0 aromatic heterocycles. The van der Waals surface area contributed by atoms with Gasteiger partial charge >= 0.3 is 21.7 Å². The Kier molecular flexibility index (Phi) is 21.9. The Bertz CT molecular complexity index is 213. The predicted molar refractivity (Wildman–Crippen MR) is 56.9 cm³/mol. The molecule has 0 spiro atoms. The molecule has 1 aliphatic rings. The van der Waals surface area contributed by atoms with Gasteiger partial charge in [0.15, 0.2) is 0 Å². The number of hydrogen-bond donors (Lipinski definition) is 1. The summed E-state index contributed by atoms with van der Waals surface area (Å²) in [5.41, 5.74) is 0. The van der Waals surface area contributed by atoms with E-state index >= 15 is 0 Å². The molecule has 1 heterocycles. The van der Waals surface area contributed by atoms with Crippen molar-refractivity contribution in [2.75, 3.05) is 46.8 Å². The van der Waals surface area contributed by atoms with Crippen molar-refractivity contribution in [1.82, 2.24) is 15.1 Å². The van der Waals surface area contributed by atoms with Crippen LogP contribution in [0.25, 0.3) is 0 Å². The summed E-state index contributed by atoms with van der Waals surface area (Å²) >= 11 is 0. The van der Waals surface area contributed by atoms with Crippen LogP contribution in [-0.2, 0) is 26.5 Å². The van der Waals surface area contributed by atoms with Crippen molar-refractivity contribution in [2.45, 2.75) is 6.92 Å². The second-order valence-electron chi connectivity index (χ2n) is 3.90. The van der Waals surface area contributed by atoms with Gasteiger partial charge in [-0.2, -0.15) is 0 Å². The minimum Gasteiger partial charge on any atom is -1.00 e. The van der Waals surface area contributed by atoms with Gasteiger partial charge in [0.1, 0.15) is 0 Å². The van der Waals surface area contributed by atoms with Crippen LogP contribution in [0.15, 0.2) is 0 Å². The van der Waals surface area contributed by atoms with Crippen molar-refractivity contribution in [3.8, 4) is 0 Å². The molecule has 1 fully saturated rings. The van der Waals surface area contributed by atoms with Gasteiger partial charge in [-0.3, -0.25) is 0 Å². The van der Waals surface area contributed by atoms with Gasteiger partial charge in [0.2, 0.25) is 0 Å². The maximum atomic E-state index is 11.3. The van der Waals surface area contributed by atoms with Gasteiger partial charge in [-0.15, -0.1) is 0 Å². The van der Waals surface area contributed by atoms with Crippen LogP contribution in [0.5, 0.6) is 0 Å². The third-order valence-corrected chi connectivity index (χ3v) is 2.65. The molecule has 1 saturated heterocycles. The number of ketones is 1. The number of Topliss-reactive ketones (excluding diaryl/α,β-unsaturated/α-hetero) is 1. The topological polar surface area (TPSA) is 35.6 Å². The summed E-state index contributed by atoms with van der Waals surface area (Å²) in [4.78, 5) is 15.7. The molecule has 0 radical (unpaired) electrons. The average Bonchev–Trinajstić information content (AvgIpc) is 2.19. The summed E-state index contributed by atoms with van der Waals surface area (Å²) in [6.45, 7) is 6.25. The van der Waals surface area contributed by atoms with Crippen LogP contribution >= 0.6 is 0 Å². The molecule has 0 aromatic rings. The monoisotopic (exact) mass is 351 g/mol. The maximum Gasteiger partial charge on any atom is 4.00 e. The summed E-state index contributed by atoms with van der Waals surface area (Å²) in [6, 6.07) is 0.889. The normalized spacial score (nSPS) is 17.6. The summed E-state index contributed by atoms with van der Waals surface area (Å²) < 4.78 is 0. The van der Waals surface area contributed by atoms with Gasteiger partial charge in [0.05, 0.1) is 0 Å². The zero-order valence-electron chi connectivity index (χ0n) is 11.0. The Morgan fingerprint density at radius 2 is 1.67 bits per heavy atom. The van der Waals surface area contributed by atoms with Gasteiger partial charge < -0.3 is 57.1 Å². The van der Waals surface area contributed by atoms with Crippen LogP contribution in [0, 0.1) is 6.04 Å². The van der Waals surface area contributed by atoms with Crippen molar-refractivity contribution in [3.05, 3.63) is 6.04 Å². The molecule has 18 heavy (non-hydrogen) atoms. The molecule has 8 heteroatoms. The molecule has 0 aliphatic carbocycles. The molecular formula is C10H20Cl3N3OTi. The van der Waals surface area contributed by atoms with E-state index in [9.17, 15) is 4.79 Å². The van der Waals surface area contributed by atoms with Crippen molar-refractivity contribution in [3.63, 3.8) is 0 Å². The quantitative estimate of drug-likeness (QED) is 0.376. The van der Waals surface area contributed by atoms with E-state index in [4.69, 9.17) is 0 Å². The fourth-order valence-electron chi connectivity index (χ4n) is 1.57. The summed E-state index contributed by atoms with van der Waals surface area (Å²) in [5.74, 6) is 0.171. The standard InChI is InChI=1S/C10H20N3O.3ClH.Ti/c1-9(14)10-8-11-4-5-12(2)6-7-13(10)3;;;;/h11H,4-8H2,1-3H3;3*1H;/q-1;;;;+4/p-3. The molecule has 106 valence electrons. The van der Waals surface area contributed by atoms with Gasteiger partial charge in [-0.1, -0.05) is 6.54 Å². The number of carbonyl (C=O) groups excluding carboxylic acids is 1. The van der Waals surface area contributed by atoms with Gasteiger partial charge in [-0.05, 0) is 27.6 Å². The third kappa shape index (κ3) is 9.87. The Morgan fingerprint density at radius 1 is 1.11 bits per heavy atom. The Morgan fingerprint density at radius 3 is 2.17 bits per heavy atom. The van der Waals surface area contributed by atoms with Crippen molar-refractivity contribution in [1.29, 1.82) is 0 Å². The Labute approximate surface area is 144 Å². The van der Waals surface area contributed by atoms with Crippen LogP contribution in [0.3, 0.4) is 0 Å². The van der Waals surface area contributed by atoms with Crippen molar-refractivity contribution < 1.29 is 63.7 Å². The molecular weight excluding hydrogens is 332 g/mol. The van der Waals surface area contributed by atoms with Crippen LogP contribution in [0.2, 0.25) is 0 Å². The molecule has 0 amide bonds. The first kappa shape index (κ1) is 27.4. The molecule has 0 saturated carbocycles. The molecule has 1 aliphatic heterocycles. The number of nitrogens with one attached hydrogen (secondary N) is 1. The van der Waals surface area contributed by atoms with Crippen LogP contribution in [0.4, 0.5) is 0 Å². The van der Waals surface area contributed by atoms with E-state index in [0.717, 1.165) is 32.2 Å². The average molecular weight is 353 g/mol. The SMILES string of the molecule is CC(=O)[C-]1CNCCN(C)CCN1C.[Cl-].[Cl-].[Cl-].[Ti+4]. The van der Waals surface area contributed by atoms with E-state index < -0.39 is 0 Å². The zero-order chi connectivity index (χ0) is 10.6. The fourth-order valence-corrected chi connectivity index (χ4v) is 1.57. The van der Waals surface area contributed by atoms with E-state index in [1.807, 2.05) is 7.05 Å². The number of likely N-dealkylation sites (N-methyl/N-ethyl adjacent to an activating group) is 2. The van der Waals surface area contributed by atoms with Crippen LogP contribution < -0.4 is 42.5 Å². The second-order valence-corrected chi connectivity index (χ2v) is 3.90. The molecule has 1 N–H and O–H groups in total. The van der Waals surface area contributed by atoms with E-state index in [-0.39, 0.29) is 64.7 Å². The number of rotatable bonds is 1. The predicted octanol–water partition coefficient (Wildman–Crippen LogP) is -9.42. The van der Waals surface area contributed by atoms with E-state index in [0.29, 0.717) is 6.54 Å². The Balaban J connectivity index is -0.000000245. The van der Waals surface area contributed by atoms with Crippen LogP contribution in [0.1, 0.15) is 6.92 Å². The Hall–Kier alpha value is 1.00. The number of halogens is 3. The van der Waals surface area contributed by atoms with Gasteiger partial charge in [0, 0.05) is 25.4 Å². The molecule has 0 aromatic carbocycles. The zero-order valence-corrected chi connectivity index (χ0v) is 14.8.